The van der Waals surface area contributed by atoms with Crippen LogP contribution in [0.4, 0.5) is 0 Å². The van der Waals surface area contributed by atoms with Gasteiger partial charge in [0.15, 0.2) is 0 Å². The van der Waals surface area contributed by atoms with Gasteiger partial charge in [0.25, 0.3) is 0 Å². The Morgan fingerprint density at radius 3 is 2.46 bits per heavy atom. The minimum atomic E-state index is 0.421. The molecule has 2 rings (SSSR count). The average molecular weight is 335 g/mol. The van der Waals surface area contributed by atoms with Crippen molar-refractivity contribution in [2.45, 2.75) is 52.2 Å². The van der Waals surface area contributed by atoms with E-state index in [-0.39, 0.29) is 0 Å². The number of nitrogens with two attached hydrogens (primary N) is 1. The molecular weight excluding hydrogens is 300 g/mol. The maximum absolute atomic E-state index is 5.87. The Kier molecular flexibility index (Phi) is 8.57. The zero-order valence-electron chi connectivity index (χ0n) is 15.4. The molecule has 0 bridgehead atoms. The molecule has 2 N–H and O–H groups in total. The first-order chi connectivity index (χ1) is 11.7. The van der Waals surface area contributed by atoms with Crippen molar-refractivity contribution < 1.29 is 9.47 Å². The molecule has 1 saturated heterocycles. The van der Waals surface area contributed by atoms with Crippen LogP contribution < -0.4 is 10.5 Å². The smallest absolute Gasteiger partial charge is 0.119 e. The average Bonchev–Trinajstić information content (AvgIpc) is 2.58. The molecule has 24 heavy (non-hydrogen) atoms. The van der Waals surface area contributed by atoms with Crippen LogP contribution in [-0.4, -0.2) is 43.9 Å². The van der Waals surface area contributed by atoms with E-state index < -0.39 is 0 Å². The summed E-state index contributed by atoms with van der Waals surface area (Å²) in [6.45, 7) is 10.0. The largest absolute Gasteiger partial charge is 0.494 e. The third kappa shape index (κ3) is 7.20. The molecule has 136 valence electrons. The maximum atomic E-state index is 5.87. The lowest BCUT2D eigenvalue weighted by atomic mass is 10.1. The highest BCUT2D eigenvalue weighted by Crippen LogP contribution is 2.18. The fraction of sp³-hybridized carbons (Fsp3) is 0.700. The lowest BCUT2D eigenvalue weighted by Gasteiger charge is -2.32. The summed E-state index contributed by atoms with van der Waals surface area (Å²) in [5.41, 5.74) is 6.86. The molecule has 0 radical (unpaired) electrons. The third-order valence-electron chi connectivity index (χ3n) is 4.53. The topological polar surface area (TPSA) is 47.7 Å². The van der Waals surface area contributed by atoms with Crippen LogP contribution in [0.15, 0.2) is 24.3 Å². The molecule has 0 amide bonds. The summed E-state index contributed by atoms with van der Waals surface area (Å²) in [6, 6.07) is 8.57. The second-order valence-corrected chi connectivity index (χ2v) is 7.16. The summed E-state index contributed by atoms with van der Waals surface area (Å²) in [5, 5.41) is 0. The van der Waals surface area contributed by atoms with Gasteiger partial charge in [-0.05, 0) is 55.8 Å². The van der Waals surface area contributed by atoms with Gasteiger partial charge >= 0.3 is 0 Å². The molecule has 0 aliphatic carbocycles. The molecule has 1 aromatic rings. The van der Waals surface area contributed by atoms with Crippen LogP contribution in [0.1, 0.15) is 45.1 Å². The lowest BCUT2D eigenvalue weighted by molar-refractivity contribution is 0.00563. The first kappa shape index (κ1) is 19.2. The van der Waals surface area contributed by atoms with Gasteiger partial charge in [0.05, 0.1) is 12.7 Å². The molecule has 4 heteroatoms. The van der Waals surface area contributed by atoms with Gasteiger partial charge in [-0.1, -0.05) is 26.0 Å². The van der Waals surface area contributed by atoms with Crippen LogP contribution in [0.5, 0.6) is 5.75 Å². The maximum Gasteiger partial charge on any atom is 0.119 e. The molecular formula is C20H34N2O2. The summed E-state index contributed by atoms with van der Waals surface area (Å²) in [6.07, 6.45) is 4.74. The van der Waals surface area contributed by atoms with E-state index in [1.807, 2.05) is 0 Å². The molecule has 0 unspecified atom stereocenters. The van der Waals surface area contributed by atoms with Crippen LogP contribution in [0.3, 0.4) is 0 Å². The van der Waals surface area contributed by atoms with Gasteiger partial charge in [-0.25, -0.2) is 0 Å². The number of rotatable bonds is 10. The summed E-state index contributed by atoms with van der Waals surface area (Å²) < 4.78 is 11.7. The van der Waals surface area contributed by atoms with E-state index >= 15 is 0 Å². The number of benzene rings is 1. The molecule has 1 heterocycles. The Morgan fingerprint density at radius 1 is 1.12 bits per heavy atom. The number of hydrogen-bond acceptors (Lipinski definition) is 4. The Balaban J connectivity index is 1.67. The van der Waals surface area contributed by atoms with E-state index in [1.54, 1.807) is 0 Å². The van der Waals surface area contributed by atoms with Gasteiger partial charge in [-0.15, -0.1) is 0 Å². The normalized spacial score (nSPS) is 16.7. The SMILES string of the molecule is CC(C)CCOc1ccc(CN2CCC(OCCCN)CC2)cc1. The van der Waals surface area contributed by atoms with E-state index in [1.165, 1.54) is 5.56 Å². The van der Waals surface area contributed by atoms with Gasteiger partial charge in [0, 0.05) is 26.2 Å². The molecule has 1 aliphatic heterocycles. The Hall–Kier alpha value is -1.10. The number of likely N-dealkylation sites (tertiary alicyclic amines) is 1. The van der Waals surface area contributed by atoms with Crippen molar-refractivity contribution in [3.8, 4) is 5.75 Å². The molecule has 1 aromatic carbocycles. The molecule has 0 aromatic heterocycles. The van der Waals surface area contributed by atoms with Crippen molar-refractivity contribution in [1.29, 1.82) is 0 Å². The molecule has 1 aliphatic rings. The lowest BCUT2D eigenvalue weighted by Crippen LogP contribution is -2.36. The third-order valence-corrected chi connectivity index (χ3v) is 4.53. The summed E-state index contributed by atoms with van der Waals surface area (Å²) in [4.78, 5) is 2.51. The summed E-state index contributed by atoms with van der Waals surface area (Å²) in [5.74, 6) is 1.66. The monoisotopic (exact) mass is 334 g/mol. The highest BCUT2D eigenvalue weighted by Gasteiger charge is 2.19. The number of nitrogens with zero attached hydrogens (tertiary/aromatic N) is 1. The van der Waals surface area contributed by atoms with Crippen LogP contribution in [0, 0.1) is 5.92 Å². The highest BCUT2D eigenvalue weighted by molar-refractivity contribution is 5.27. The van der Waals surface area contributed by atoms with Crippen molar-refractivity contribution >= 4 is 0 Å². The van der Waals surface area contributed by atoms with Crippen molar-refractivity contribution in [1.82, 2.24) is 4.90 Å². The van der Waals surface area contributed by atoms with E-state index in [9.17, 15) is 0 Å². The van der Waals surface area contributed by atoms with Crippen LogP contribution in [-0.2, 0) is 11.3 Å². The number of ether oxygens (including phenoxy) is 2. The summed E-state index contributed by atoms with van der Waals surface area (Å²) in [7, 11) is 0. The Morgan fingerprint density at radius 2 is 1.83 bits per heavy atom. The predicted molar refractivity (Wildman–Crippen MR) is 99.3 cm³/mol. The van der Waals surface area contributed by atoms with Crippen LogP contribution in [0.2, 0.25) is 0 Å². The zero-order valence-corrected chi connectivity index (χ0v) is 15.4. The van der Waals surface area contributed by atoms with Crippen molar-refractivity contribution in [3.05, 3.63) is 29.8 Å². The Labute approximate surface area is 147 Å². The van der Waals surface area contributed by atoms with Gasteiger partial charge in [0.1, 0.15) is 5.75 Å². The Bertz CT molecular complexity index is 439. The predicted octanol–water partition coefficient (Wildman–Crippen LogP) is 3.44. The van der Waals surface area contributed by atoms with Gasteiger partial charge in [-0.3, -0.25) is 4.90 Å². The van der Waals surface area contributed by atoms with Crippen molar-refractivity contribution in [2.24, 2.45) is 11.7 Å². The van der Waals surface area contributed by atoms with Gasteiger partial charge in [0.2, 0.25) is 0 Å². The standard InChI is InChI=1S/C20H34N2O2/c1-17(2)10-15-24-19-6-4-18(5-7-19)16-22-12-8-20(9-13-22)23-14-3-11-21/h4-7,17,20H,3,8-16,21H2,1-2H3. The molecule has 4 nitrogen and oxygen atoms in total. The molecule has 0 saturated carbocycles. The van der Waals surface area contributed by atoms with E-state index in [0.29, 0.717) is 12.0 Å². The van der Waals surface area contributed by atoms with Crippen LogP contribution in [0.25, 0.3) is 0 Å². The number of piperidine rings is 1. The zero-order chi connectivity index (χ0) is 17.2. The van der Waals surface area contributed by atoms with E-state index in [0.717, 1.165) is 70.8 Å². The van der Waals surface area contributed by atoms with Gasteiger partial charge in [-0.2, -0.15) is 0 Å². The second kappa shape index (κ2) is 10.7. The minimum Gasteiger partial charge on any atom is -0.494 e. The van der Waals surface area contributed by atoms with E-state index in [4.69, 9.17) is 15.2 Å². The first-order valence-electron chi connectivity index (χ1n) is 9.43. The fourth-order valence-corrected chi connectivity index (χ4v) is 2.93. The van der Waals surface area contributed by atoms with Gasteiger partial charge < -0.3 is 15.2 Å². The molecule has 0 spiro atoms. The number of hydrogen-bond donors (Lipinski definition) is 1. The van der Waals surface area contributed by atoms with Crippen molar-refractivity contribution in [2.75, 3.05) is 32.8 Å². The summed E-state index contributed by atoms with van der Waals surface area (Å²) >= 11 is 0. The first-order valence-corrected chi connectivity index (χ1v) is 9.43. The minimum absolute atomic E-state index is 0.421. The van der Waals surface area contributed by atoms with Crippen LogP contribution >= 0.6 is 0 Å². The van der Waals surface area contributed by atoms with E-state index in [2.05, 4.69) is 43.0 Å². The molecule has 0 atom stereocenters. The fourth-order valence-electron chi connectivity index (χ4n) is 2.93. The van der Waals surface area contributed by atoms with Crippen molar-refractivity contribution in [3.63, 3.8) is 0 Å². The highest BCUT2D eigenvalue weighted by atomic mass is 16.5. The quantitative estimate of drug-likeness (QED) is 0.666. The molecule has 1 fully saturated rings. The second-order valence-electron chi connectivity index (χ2n) is 7.16.